The van der Waals surface area contributed by atoms with E-state index in [1.807, 2.05) is 0 Å². The summed E-state index contributed by atoms with van der Waals surface area (Å²) in [5, 5.41) is 7.58. The maximum Gasteiger partial charge on any atom is 0.250 e. The number of nitrogens with one attached hydrogen (secondary N) is 3. The molecule has 5 N–H and O–H groups in total. The van der Waals surface area contributed by atoms with Gasteiger partial charge in [-0.2, -0.15) is 0 Å². The minimum absolute atomic E-state index is 0.0284. The molecule has 0 unspecified atom stereocenters. The number of amides is 3. The van der Waals surface area contributed by atoms with Crippen molar-refractivity contribution in [2.24, 2.45) is 5.73 Å². The minimum Gasteiger partial charge on any atom is -0.375 e. The largest absolute Gasteiger partial charge is 0.375 e. The van der Waals surface area contributed by atoms with Crippen molar-refractivity contribution in [2.75, 3.05) is 37.4 Å². The third-order valence-corrected chi connectivity index (χ3v) is 2.36. The van der Waals surface area contributed by atoms with Crippen molar-refractivity contribution in [3.63, 3.8) is 0 Å². The van der Waals surface area contributed by atoms with Crippen LogP contribution in [0.4, 0.5) is 11.4 Å². The molecule has 0 aliphatic heterocycles. The van der Waals surface area contributed by atoms with Gasteiger partial charge < -0.3 is 26.4 Å². The van der Waals surface area contributed by atoms with Gasteiger partial charge in [0, 0.05) is 18.5 Å². The molecule has 3 amide bonds. The Morgan fingerprint density at radius 3 is 2.00 bits per heavy atom. The molecule has 0 saturated carbocycles. The summed E-state index contributed by atoms with van der Waals surface area (Å²) in [4.78, 5) is 33.7. The van der Waals surface area contributed by atoms with Crippen LogP contribution in [0.15, 0.2) is 24.3 Å². The maximum atomic E-state index is 11.5. The van der Waals surface area contributed by atoms with Gasteiger partial charge in [0.25, 0.3) is 0 Å². The number of methoxy groups -OCH3 is 1. The van der Waals surface area contributed by atoms with E-state index in [2.05, 4.69) is 16.0 Å². The lowest BCUT2D eigenvalue weighted by Gasteiger charge is -2.08. The second-order valence-corrected chi connectivity index (χ2v) is 4.09. The Bertz CT molecular complexity index is 501. The predicted molar refractivity (Wildman–Crippen MR) is 77.6 cm³/mol. The fourth-order valence-corrected chi connectivity index (χ4v) is 1.42. The van der Waals surface area contributed by atoms with Crippen molar-refractivity contribution in [3.05, 3.63) is 24.3 Å². The normalized spacial score (nSPS) is 9.81. The van der Waals surface area contributed by atoms with E-state index in [1.54, 1.807) is 24.3 Å². The van der Waals surface area contributed by atoms with Crippen molar-refractivity contribution in [3.8, 4) is 0 Å². The van der Waals surface area contributed by atoms with Gasteiger partial charge in [-0.1, -0.05) is 0 Å². The molecule has 0 spiro atoms. The smallest absolute Gasteiger partial charge is 0.250 e. The molecule has 0 fully saturated rings. The van der Waals surface area contributed by atoms with Crippen molar-refractivity contribution in [1.29, 1.82) is 0 Å². The molecule has 0 aliphatic carbocycles. The zero-order valence-electron chi connectivity index (χ0n) is 11.6. The average molecular weight is 294 g/mol. The molecular weight excluding hydrogens is 276 g/mol. The Morgan fingerprint density at radius 1 is 1.00 bits per heavy atom. The zero-order chi connectivity index (χ0) is 15.7. The SMILES string of the molecule is COCC(=O)Nc1ccc(NC(=O)CNC(=O)CN)cc1. The number of hydrogen-bond donors (Lipinski definition) is 4. The lowest BCUT2D eigenvalue weighted by atomic mass is 10.2. The maximum absolute atomic E-state index is 11.5. The van der Waals surface area contributed by atoms with E-state index in [9.17, 15) is 14.4 Å². The van der Waals surface area contributed by atoms with Gasteiger partial charge >= 0.3 is 0 Å². The summed E-state index contributed by atoms with van der Waals surface area (Å²) < 4.78 is 4.70. The van der Waals surface area contributed by atoms with Gasteiger partial charge in [-0.25, -0.2) is 0 Å². The molecule has 114 valence electrons. The number of rotatable bonds is 7. The fraction of sp³-hybridized carbons (Fsp3) is 0.308. The molecule has 0 bridgehead atoms. The van der Waals surface area contributed by atoms with Crippen LogP contribution in [0.5, 0.6) is 0 Å². The van der Waals surface area contributed by atoms with Crippen molar-refractivity contribution >= 4 is 29.1 Å². The summed E-state index contributed by atoms with van der Waals surface area (Å²) in [6.07, 6.45) is 0. The number of benzene rings is 1. The van der Waals surface area contributed by atoms with Gasteiger partial charge in [0.15, 0.2) is 0 Å². The molecule has 21 heavy (non-hydrogen) atoms. The van der Waals surface area contributed by atoms with E-state index in [0.29, 0.717) is 11.4 Å². The summed E-state index contributed by atoms with van der Waals surface area (Å²) >= 11 is 0. The van der Waals surface area contributed by atoms with Crippen LogP contribution < -0.4 is 21.7 Å². The highest BCUT2D eigenvalue weighted by Crippen LogP contribution is 2.13. The first-order valence-corrected chi connectivity index (χ1v) is 6.20. The van der Waals surface area contributed by atoms with Gasteiger partial charge in [0.2, 0.25) is 17.7 Å². The van der Waals surface area contributed by atoms with E-state index in [-0.39, 0.29) is 31.5 Å². The standard InChI is InChI=1S/C13H18N4O4/c1-21-8-13(20)17-10-4-2-9(3-5-10)16-12(19)7-15-11(18)6-14/h2-5H,6-8,14H2,1H3,(H,15,18)(H,16,19)(H,17,20). The van der Waals surface area contributed by atoms with Gasteiger partial charge in [0.1, 0.15) is 6.61 Å². The van der Waals surface area contributed by atoms with Crippen LogP contribution in [-0.4, -0.2) is 44.5 Å². The third kappa shape index (κ3) is 6.50. The Balaban J connectivity index is 2.45. The Labute approximate surface area is 122 Å². The monoisotopic (exact) mass is 294 g/mol. The quantitative estimate of drug-likeness (QED) is 0.529. The van der Waals surface area contributed by atoms with Crippen LogP contribution in [0.25, 0.3) is 0 Å². The molecule has 0 radical (unpaired) electrons. The molecule has 1 aromatic rings. The van der Waals surface area contributed by atoms with Crippen LogP contribution >= 0.6 is 0 Å². The highest BCUT2D eigenvalue weighted by Gasteiger charge is 2.05. The molecule has 0 atom stereocenters. The summed E-state index contributed by atoms with van der Waals surface area (Å²) in [5.74, 6) is -1.03. The van der Waals surface area contributed by atoms with Crippen LogP contribution in [-0.2, 0) is 19.1 Å². The number of carbonyl (C=O) groups is 3. The summed E-state index contributed by atoms with van der Waals surface area (Å²) in [7, 11) is 1.43. The van der Waals surface area contributed by atoms with Crippen LogP contribution in [0.1, 0.15) is 0 Å². The number of anilines is 2. The molecular formula is C13H18N4O4. The number of ether oxygens (including phenoxy) is 1. The first kappa shape index (κ1) is 16.6. The third-order valence-electron chi connectivity index (χ3n) is 2.36. The van der Waals surface area contributed by atoms with Gasteiger partial charge in [-0.15, -0.1) is 0 Å². The van der Waals surface area contributed by atoms with Gasteiger partial charge in [0.05, 0.1) is 13.1 Å². The van der Waals surface area contributed by atoms with Gasteiger partial charge in [-0.3, -0.25) is 14.4 Å². The lowest BCUT2D eigenvalue weighted by molar-refractivity contribution is -0.123. The van der Waals surface area contributed by atoms with Crippen molar-refractivity contribution < 1.29 is 19.1 Å². The van der Waals surface area contributed by atoms with Crippen LogP contribution in [0, 0.1) is 0 Å². The zero-order valence-corrected chi connectivity index (χ0v) is 11.6. The highest BCUT2D eigenvalue weighted by atomic mass is 16.5. The predicted octanol–water partition coefficient (Wildman–Crippen LogP) is -0.715. The van der Waals surface area contributed by atoms with E-state index in [0.717, 1.165) is 0 Å². The fourth-order valence-electron chi connectivity index (χ4n) is 1.42. The molecule has 0 heterocycles. The Morgan fingerprint density at radius 2 is 1.52 bits per heavy atom. The summed E-state index contributed by atoms with van der Waals surface area (Å²) in [6, 6.07) is 6.54. The average Bonchev–Trinajstić information content (AvgIpc) is 2.47. The first-order chi connectivity index (χ1) is 10.0. The van der Waals surface area contributed by atoms with Crippen molar-refractivity contribution in [2.45, 2.75) is 0 Å². The second-order valence-electron chi connectivity index (χ2n) is 4.09. The minimum atomic E-state index is -0.402. The molecule has 0 aliphatic rings. The van der Waals surface area contributed by atoms with Crippen molar-refractivity contribution in [1.82, 2.24) is 5.32 Å². The first-order valence-electron chi connectivity index (χ1n) is 6.20. The van der Waals surface area contributed by atoms with E-state index < -0.39 is 5.91 Å². The Kier molecular flexibility index (Phi) is 6.85. The number of nitrogens with two attached hydrogens (primary N) is 1. The molecule has 8 nitrogen and oxygen atoms in total. The van der Waals surface area contributed by atoms with Gasteiger partial charge in [-0.05, 0) is 24.3 Å². The number of carbonyl (C=O) groups excluding carboxylic acids is 3. The highest BCUT2D eigenvalue weighted by molar-refractivity contribution is 5.95. The molecule has 1 rings (SSSR count). The Hall–Kier alpha value is -2.45. The molecule has 1 aromatic carbocycles. The topological polar surface area (TPSA) is 123 Å². The van der Waals surface area contributed by atoms with Crippen LogP contribution in [0.2, 0.25) is 0 Å². The second kappa shape index (κ2) is 8.67. The van der Waals surface area contributed by atoms with E-state index in [4.69, 9.17) is 10.5 Å². The van der Waals surface area contributed by atoms with E-state index in [1.165, 1.54) is 7.11 Å². The molecule has 0 aromatic heterocycles. The molecule has 0 saturated heterocycles. The molecule has 8 heteroatoms. The lowest BCUT2D eigenvalue weighted by Crippen LogP contribution is -2.36. The summed E-state index contributed by atoms with van der Waals surface area (Å²) in [5.41, 5.74) is 6.24. The summed E-state index contributed by atoms with van der Waals surface area (Å²) in [6.45, 7) is -0.342. The number of hydrogen-bond acceptors (Lipinski definition) is 5. The van der Waals surface area contributed by atoms with Crippen LogP contribution in [0.3, 0.4) is 0 Å². The van der Waals surface area contributed by atoms with E-state index >= 15 is 0 Å².